The molecule has 1 fully saturated rings. The SMILES string of the molecule is CC1(C)CCCN(C(=O)CCCCCN)CC1. The maximum Gasteiger partial charge on any atom is 0.222 e. The number of carbonyl (C=O) groups excluding carboxylic acids is 1. The monoisotopic (exact) mass is 240 g/mol. The van der Waals surface area contributed by atoms with Gasteiger partial charge in [0.05, 0.1) is 0 Å². The zero-order valence-corrected chi connectivity index (χ0v) is 11.5. The largest absolute Gasteiger partial charge is 0.343 e. The Bertz CT molecular complexity index is 238. The zero-order valence-electron chi connectivity index (χ0n) is 11.5. The zero-order chi connectivity index (χ0) is 12.7. The van der Waals surface area contributed by atoms with Gasteiger partial charge in [-0.3, -0.25) is 4.79 Å². The molecule has 0 atom stereocenters. The molecule has 1 saturated heterocycles. The normalized spacial score (nSPS) is 20.1. The standard InChI is InChI=1S/C14H28N2O/c1-14(2)8-6-11-16(12-9-14)13(17)7-4-3-5-10-15/h3-12,15H2,1-2H3. The predicted molar refractivity (Wildman–Crippen MR) is 71.7 cm³/mol. The summed E-state index contributed by atoms with van der Waals surface area (Å²) >= 11 is 0. The molecule has 1 amide bonds. The topological polar surface area (TPSA) is 46.3 Å². The molecule has 0 bridgehead atoms. The second kappa shape index (κ2) is 7.00. The molecule has 17 heavy (non-hydrogen) atoms. The van der Waals surface area contributed by atoms with E-state index >= 15 is 0 Å². The molecule has 100 valence electrons. The van der Waals surface area contributed by atoms with Crippen molar-refractivity contribution >= 4 is 5.91 Å². The quantitative estimate of drug-likeness (QED) is 0.751. The minimum atomic E-state index is 0.347. The van der Waals surface area contributed by atoms with E-state index in [0.29, 0.717) is 17.7 Å². The number of nitrogens with two attached hydrogens (primary N) is 1. The van der Waals surface area contributed by atoms with E-state index in [4.69, 9.17) is 5.73 Å². The smallest absolute Gasteiger partial charge is 0.222 e. The fourth-order valence-electron chi connectivity index (χ4n) is 2.43. The highest BCUT2D eigenvalue weighted by molar-refractivity contribution is 5.76. The van der Waals surface area contributed by atoms with Gasteiger partial charge in [0, 0.05) is 19.5 Å². The average molecular weight is 240 g/mol. The highest BCUT2D eigenvalue weighted by Gasteiger charge is 2.24. The molecule has 1 aliphatic rings. The van der Waals surface area contributed by atoms with Gasteiger partial charge < -0.3 is 10.6 Å². The van der Waals surface area contributed by atoms with Crippen molar-refractivity contribution in [3.05, 3.63) is 0 Å². The van der Waals surface area contributed by atoms with Gasteiger partial charge in [-0.05, 0) is 44.1 Å². The lowest BCUT2D eigenvalue weighted by Gasteiger charge is -2.23. The third kappa shape index (κ3) is 5.53. The molecule has 0 spiro atoms. The van der Waals surface area contributed by atoms with Crippen LogP contribution >= 0.6 is 0 Å². The van der Waals surface area contributed by atoms with E-state index in [-0.39, 0.29) is 0 Å². The van der Waals surface area contributed by atoms with Gasteiger partial charge in [0.2, 0.25) is 5.91 Å². The number of unbranched alkanes of at least 4 members (excludes halogenated alkanes) is 2. The Hall–Kier alpha value is -0.570. The minimum absolute atomic E-state index is 0.347. The number of amides is 1. The summed E-state index contributed by atoms with van der Waals surface area (Å²) in [7, 11) is 0. The molecule has 0 aliphatic carbocycles. The molecule has 3 heteroatoms. The molecule has 0 aromatic rings. The van der Waals surface area contributed by atoms with E-state index in [1.165, 1.54) is 6.42 Å². The number of rotatable bonds is 5. The number of hydrogen-bond donors (Lipinski definition) is 1. The lowest BCUT2D eigenvalue weighted by Crippen LogP contribution is -2.32. The van der Waals surface area contributed by atoms with Gasteiger partial charge in [-0.15, -0.1) is 0 Å². The summed E-state index contributed by atoms with van der Waals surface area (Å²) in [6.45, 7) is 7.26. The Morgan fingerprint density at radius 1 is 1.18 bits per heavy atom. The highest BCUT2D eigenvalue weighted by Crippen LogP contribution is 2.29. The molecular weight excluding hydrogens is 212 g/mol. The first-order chi connectivity index (χ1) is 8.05. The van der Waals surface area contributed by atoms with E-state index < -0.39 is 0 Å². The van der Waals surface area contributed by atoms with Gasteiger partial charge >= 0.3 is 0 Å². The van der Waals surface area contributed by atoms with Crippen molar-refractivity contribution in [2.75, 3.05) is 19.6 Å². The van der Waals surface area contributed by atoms with Crippen LogP contribution in [-0.2, 0) is 4.79 Å². The number of likely N-dealkylation sites (tertiary alicyclic amines) is 1. The van der Waals surface area contributed by atoms with Crippen molar-refractivity contribution in [1.82, 2.24) is 4.90 Å². The summed E-state index contributed by atoms with van der Waals surface area (Å²) in [5.41, 5.74) is 5.85. The van der Waals surface area contributed by atoms with E-state index in [1.54, 1.807) is 0 Å². The van der Waals surface area contributed by atoms with Crippen LogP contribution in [0.5, 0.6) is 0 Å². The lowest BCUT2D eigenvalue weighted by atomic mass is 9.85. The van der Waals surface area contributed by atoms with Crippen LogP contribution in [0, 0.1) is 5.41 Å². The molecule has 0 saturated carbocycles. The van der Waals surface area contributed by atoms with Crippen molar-refractivity contribution in [3.63, 3.8) is 0 Å². The van der Waals surface area contributed by atoms with Crippen LogP contribution in [0.1, 0.15) is 58.8 Å². The molecule has 0 aromatic heterocycles. The van der Waals surface area contributed by atoms with E-state index in [9.17, 15) is 4.79 Å². The average Bonchev–Trinajstić information content (AvgIpc) is 2.45. The van der Waals surface area contributed by atoms with Crippen LogP contribution in [0.3, 0.4) is 0 Å². The molecular formula is C14H28N2O. The molecule has 1 aliphatic heterocycles. The summed E-state index contributed by atoms with van der Waals surface area (Å²) in [5.74, 6) is 0.347. The third-order valence-corrected chi connectivity index (χ3v) is 3.79. The Balaban J connectivity index is 2.27. The first kappa shape index (κ1) is 14.5. The highest BCUT2D eigenvalue weighted by atomic mass is 16.2. The van der Waals surface area contributed by atoms with Crippen molar-refractivity contribution < 1.29 is 4.79 Å². The fourth-order valence-corrected chi connectivity index (χ4v) is 2.43. The van der Waals surface area contributed by atoms with Crippen LogP contribution in [0.25, 0.3) is 0 Å². The number of carbonyl (C=O) groups is 1. The van der Waals surface area contributed by atoms with Crippen molar-refractivity contribution in [3.8, 4) is 0 Å². The molecule has 0 radical (unpaired) electrons. The second-order valence-electron chi connectivity index (χ2n) is 6.00. The van der Waals surface area contributed by atoms with E-state index in [2.05, 4.69) is 18.7 Å². The van der Waals surface area contributed by atoms with Crippen LogP contribution in [0.4, 0.5) is 0 Å². The van der Waals surface area contributed by atoms with Crippen molar-refractivity contribution in [1.29, 1.82) is 0 Å². The molecule has 3 nitrogen and oxygen atoms in total. The van der Waals surface area contributed by atoms with Crippen LogP contribution in [0.15, 0.2) is 0 Å². The first-order valence-electron chi connectivity index (χ1n) is 7.03. The van der Waals surface area contributed by atoms with Gasteiger partial charge in [-0.25, -0.2) is 0 Å². The van der Waals surface area contributed by atoms with Gasteiger partial charge in [-0.1, -0.05) is 20.3 Å². The predicted octanol–water partition coefficient (Wildman–Crippen LogP) is 2.54. The number of hydrogen-bond acceptors (Lipinski definition) is 2. The summed E-state index contributed by atoms with van der Waals surface area (Å²) in [5, 5.41) is 0. The molecule has 2 N–H and O–H groups in total. The van der Waals surface area contributed by atoms with Crippen molar-refractivity contribution in [2.24, 2.45) is 11.1 Å². The van der Waals surface area contributed by atoms with Gasteiger partial charge in [0.25, 0.3) is 0 Å². The molecule has 0 aromatic carbocycles. The second-order valence-corrected chi connectivity index (χ2v) is 6.00. The first-order valence-corrected chi connectivity index (χ1v) is 7.03. The lowest BCUT2D eigenvalue weighted by molar-refractivity contribution is -0.131. The molecule has 1 rings (SSSR count). The van der Waals surface area contributed by atoms with E-state index in [1.807, 2.05) is 0 Å². The van der Waals surface area contributed by atoms with Gasteiger partial charge in [0.15, 0.2) is 0 Å². The Morgan fingerprint density at radius 2 is 1.94 bits per heavy atom. The summed E-state index contributed by atoms with van der Waals surface area (Å²) in [6, 6.07) is 0. The van der Waals surface area contributed by atoms with Crippen LogP contribution in [-0.4, -0.2) is 30.4 Å². The Kier molecular flexibility index (Phi) is 5.96. The van der Waals surface area contributed by atoms with Gasteiger partial charge in [0.1, 0.15) is 0 Å². The number of nitrogens with zero attached hydrogens (tertiary/aromatic N) is 1. The Labute approximate surface area is 106 Å². The minimum Gasteiger partial charge on any atom is -0.343 e. The Morgan fingerprint density at radius 3 is 2.65 bits per heavy atom. The van der Waals surface area contributed by atoms with Crippen LogP contribution < -0.4 is 5.73 Å². The van der Waals surface area contributed by atoms with Crippen LogP contribution in [0.2, 0.25) is 0 Å². The van der Waals surface area contributed by atoms with Gasteiger partial charge in [-0.2, -0.15) is 0 Å². The summed E-state index contributed by atoms with van der Waals surface area (Å²) < 4.78 is 0. The van der Waals surface area contributed by atoms with Crippen molar-refractivity contribution in [2.45, 2.75) is 58.8 Å². The molecule has 1 heterocycles. The summed E-state index contributed by atoms with van der Waals surface area (Å²) in [6.07, 6.45) is 7.37. The third-order valence-electron chi connectivity index (χ3n) is 3.79. The molecule has 0 unspecified atom stereocenters. The maximum atomic E-state index is 12.0. The fraction of sp³-hybridized carbons (Fsp3) is 0.929. The summed E-state index contributed by atoms with van der Waals surface area (Å²) in [4.78, 5) is 14.1. The maximum absolute atomic E-state index is 12.0. The van der Waals surface area contributed by atoms with E-state index in [0.717, 1.165) is 51.7 Å².